The minimum Gasteiger partial charge on any atom is -0.481 e. The van der Waals surface area contributed by atoms with E-state index >= 15 is 0 Å². The molecule has 5 atom stereocenters. The molecule has 0 aromatic rings. The van der Waals surface area contributed by atoms with Gasteiger partial charge >= 0.3 is 18.1 Å². The first-order valence-electron chi connectivity index (χ1n) is 7.41. The molecule has 1 amide bonds. The van der Waals surface area contributed by atoms with Gasteiger partial charge in [0.25, 0.3) is 0 Å². The van der Waals surface area contributed by atoms with Crippen molar-refractivity contribution in [3.05, 3.63) is 0 Å². The summed E-state index contributed by atoms with van der Waals surface area (Å²) >= 11 is 0. The van der Waals surface area contributed by atoms with Crippen LogP contribution in [0.25, 0.3) is 0 Å². The minimum atomic E-state index is -5.22. The van der Waals surface area contributed by atoms with Crippen molar-refractivity contribution in [2.45, 2.75) is 56.1 Å². The maximum absolute atomic E-state index is 12.4. The summed E-state index contributed by atoms with van der Waals surface area (Å²) in [6.07, 6.45) is -11.4. The molecule has 5 N–H and O–H groups in total. The number of aliphatic carboxylic acids is 1. The highest BCUT2D eigenvalue weighted by Gasteiger charge is 2.49. The zero-order valence-electron chi connectivity index (χ0n) is 13.0. The lowest BCUT2D eigenvalue weighted by Gasteiger charge is -2.42. The predicted molar refractivity (Wildman–Crippen MR) is 73.2 cm³/mol. The van der Waals surface area contributed by atoms with Gasteiger partial charge in [-0.25, -0.2) is 0 Å². The van der Waals surface area contributed by atoms with Crippen molar-refractivity contribution in [3.8, 4) is 0 Å². The summed E-state index contributed by atoms with van der Waals surface area (Å²) in [7, 11) is 0. The van der Waals surface area contributed by atoms with Crippen molar-refractivity contribution in [2.24, 2.45) is 0 Å². The number of carbonyl (C=O) groups excluding carboxylic acids is 1. The van der Waals surface area contributed by atoms with Crippen molar-refractivity contribution in [3.63, 3.8) is 0 Å². The number of hydrogen-bond donors (Lipinski definition) is 5. The third-order valence-corrected chi connectivity index (χ3v) is 3.50. The molecule has 0 radical (unpaired) electrons. The van der Waals surface area contributed by atoms with E-state index in [9.17, 15) is 33.0 Å². The van der Waals surface area contributed by atoms with Crippen molar-refractivity contribution < 1.29 is 52.7 Å². The average molecular weight is 375 g/mol. The molecule has 1 rings (SSSR count). The summed E-state index contributed by atoms with van der Waals surface area (Å²) in [5.41, 5.74) is 0. The van der Waals surface area contributed by atoms with E-state index < -0.39 is 55.3 Å². The lowest BCUT2D eigenvalue weighted by Crippen LogP contribution is -2.65. The van der Waals surface area contributed by atoms with E-state index in [1.165, 1.54) is 5.32 Å². The quantitative estimate of drug-likeness (QED) is 0.331. The van der Waals surface area contributed by atoms with Gasteiger partial charge in [0.2, 0.25) is 0 Å². The molecule has 1 fully saturated rings. The molecule has 0 bridgehead atoms. The molecule has 1 aliphatic heterocycles. The van der Waals surface area contributed by atoms with Crippen LogP contribution in [0.5, 0.6) is 0 Å². The number of unbranched alkanes of at least 4 members (excludes halogenated alkanes) is 1. The van der Waals surface area contributed by atoms with Gasteiger partial charge in [0.05, 0.1) is 6.61 Å². The fraction of sp³-hybridized carbons (Fsp3) is 0.846. The van der Waals surface area contributed by atoms with E-state index in [0.717, 1.165) is 0 Å². The van der Waals surface area contributed by atoms with Crippen molar-refractivity contribution in [1.82, 2.24) is 5.32 Å². The molecule has 0 aromatic carbocycles. The Hall–Kier alpha value is -1.47. The molecule has 3 unspecified atom stereocenters. The second-order valence-corrected chi connectivity index (χ2v) is 5.43. The van der Waals surface area contributed by atoms with Crippen molar-refractivity contribution in [2.75, 3.05) is 13.2 Å². The maximum Gasteiger partial charge on any atom is 0.471 e. The van der Waals surface area contributed by atoms with Crippen LogP contribution in [0.3, 0.4) is 0 Å². The largest absolute Gasteiger partial charge is 0.481 e. The Labute approximate surface area is 140 Å². The molecule has 0 saturated carbocycles. The van der Waals surface area contributed by atoms with Gasteiger partial charge in [-0.1, -0.05) is 0 Å². The Morgan fingerprint density at radius 3 is 2.32 bits per heavy atom. The fourth-order valence-electron chi connectivity index (χ4n) is 2.19. The third-order valence-electron chi connectivity index (χ3n) is 3.50. The first-order valence-corrected chi connectivity index (χ1v) is 7.41. The molecule has 0 spiro atoms. The number of aliphatic hydroxyl groups is 3. The zero-order valence-corrected chi connectivity index (χ0v) is 13.0. The number of halogens is 3. The predicted octanol–water partition coefficient (Wildman–Crippen LogP) is -1.26. The molecule has 1 aliphatic rings. The summed E-state index contributed by atoms with van der Waals surface area (Å²) in [4.78, 5) is 21.5. The van der Waals surface area contributed by atoms with Crippen LogP contribution in [0.2, 0.25) is 0 Å². The number of carbonyl (C=O) groups is 2. The van der Waals surface area contributed by atoms with Crippen LogP contribution in [0.1, 0.15) is 19.3 Å². The van der Waals surface area contributed by atoms with Crippen LogP contribution < -0.4 is 5.32 Å². The zero-order chi connectivity index (χ0) is 19.2. The Morgan fingerprint density at radius 2 is 1.80 bits per heavy atom. The summed E-state index contributed by atoms with van der Waals surface area (Å²) in [5.74, 6) is -3.38. The van der Waals surface area contributed by atoms with Gasteiger partial charge in [0.1, 0.15) is 24.4 Å². The Morgan fingerprint density at radius 1 is 1.16 bits per heavy atom. The summed E-state index contributed by atoms with van der Waals surface area (Å²) in [6.45, 7) is -0.867. The Balaban J connectivity index is 2.72. The molecule has 1 saturated heterocycles. The molecule has 12 heteroatoms. The van der Waals surface area contributed by atoms with Gasteiger partial charge in [-0.15, -0.1) is 0 Å². The third kappa shape index (κ3) is 6.40. The minimum absolute atomic E-state index is 0.128. The van der Waals surface area contributed by atoms with E-state index in [1.807, 2.05) is 0 Å². The van der Waals surface area contributed by atoms with Gasteiger partial charge in [0.15, 0.2) is 6.29 Å². The number of amides is 1. The Kier molecular flexibility index (Phi) is 8.02. The fourth-order valence-corrected chi connectivity index (χ4v) is 2.19. The van der Waals surface area contributed by atoms with Crippen LogP contribution in [-0.4, -0.2) is 82.3 Å². The summed E-state index contributed by atoms with van der Waals surface area (Å²) in [6, 6.07) is -1.73. The number of hydrogen-bond acceptors (Lipinski definition) is 7. The number of alkyl halides is 3. The first kappa shape index (κ1) is 21.6. The topological polar surface area (TPSA) is 146 Å². The van der Waals surface area contributed by atoms with E-state index in [4.69, 9.17) is 19.7 Å². The van der Waals surface area contributed by atoms with E-state index in [0.29, 0.717) is 0 Å². The van der Waals surface area contributed by atoms with Crippen molar-refractivity contribution >= 4 is 11.9 Å². The number of carboxylic acids is 1. The van der Waals surface area contributed by atoms with E-state index in [-0.39, 0.29) is 25.9 Å². The van der Waals surface area contributed by atoms with Gasteiger partial charge < -0.3 is 35.2 Å². The summed E-state index contributed by atoms with van der Waals surface area (Å²) in [5, 5.41) is 38.7. The lowest BCUT2D eigenvalue weighted by molar-refractivity contribution is -0.272. The molecule has 9 nitrogen and oxygen atoms in total. The highest BCUT2D eigenvalue weighted by Crippen LogP contribution is 2.24. The standard InChI is InChI=1S/C13H20F3NO8/c14-13(15,16)12(23)17-8-10(22)9(21)6(5-18)25-11(8)24-4-2-1-3-7(19)20/h6,8-11,18,21-22H,1-5H2,(H,17,23)(H,19,20)/t6?,8?,9-,10?,11-/m0/s1. The number of carboxylic acid groups (broad SMARTS) is 1. The van der Waals surface area contributed by atoms with Gasteiger partial charge in [-0.05, 0) is 12.8 Å². The van der Waals surface area contributed by atoms with E-state index in [1.54, 1.807) is 0 Å². The SMILES string of the molecule is O=C(O)CCCCO[C@H]1OC(CO)[C@H](O)C(O)C1NC(=O)C(F)(F)F. The van der Waals surface area contributed by atoms with Crippen LogP contribution in [0, 0.1) is 0 Å². The second-order valence-electron chi connectivity index (χ2n) is 5.43. The average Bonchev–Trinajstić information content (AvgIpc) is 2.51. The number of ether oxygens (including phenoxy) is 2. The molecule has 0 aliphatic carbocycles. The molecule has 146 valence electrons. The van der Waals surface area contributed by atoms with Gasteiger partial charge in [-0.3, -0.25) is 9.59 Å². The highest BCUT2D eigenvalue weighted by atomic mass is 19.4. The normalized spacial score (nSPS) is 30.1. The van der Waals surface area contributed by atoms with Crippen LogP contribution >= 0.6 is 0 Å². The molecule has 0 aromatic heterocycles. The molecule has 25 heavy (non-hydrogen) atoms. The smallest absolute Gasteiger partial charge is 0.471 e. The number of rotatable bonds is 8. The molecular weight excluding hydrogens is 355 g/mol. The maximum atomic E-state index is 12.4. The van der Waals surface area contributed by atoms with Gasteiger partial charge in [0, 0.05) is 13.0 Å². The van der Waals surface area contributed by atoms with Crippen LogP contribution in [0.15, 0.2) is 0 Å². The van der Waals surface area contributed by atoms with Crippen molar-refractivity contribution in [1.29, 1.82) is 0 Å². The Bertz CT molecular complexity index is 461. The summed E-state index contributed by atoms with van der Waals surface area (Å²) < 4.78 is 47.4. The number of aliphatic hydroxyl groups excluding tert-OH is 3. The molecular formula is C13H20F3NO8. The monoisotopic (exact) mass is 375 g/mol. The van der Waals surface area contributed by atoms with E-state index in [2.05, 4.69) is 0 Å². The molecule has 1 heterocycles. The highest BCUT2D eigenvalue weighted by molar-refractivity contribution is 5.82. The van der Waals surface area contributed by atoms with Gasteiger partial charge in [-0.2, -0.15) is 13.2 Å². The number of nitrogens with one attached hydrogen (secondary N) is 1. The second kappa shape index (κ2) is 9.29. The van der Waals surface area contributed by atoms with Crippen LogP contribution in [-0.2, 0) is 19.1 Å². The van der Waals surface area contributed by atoms with Crippen LogP contribution in [0.4, 0.5) is 13.2 Å². The first-order chi connectivity index (χ1) is 11.6. The lowest BCUT2D eigenvalue weighted by atomic mass is 9.97.